The Morgan fingerprint density at radius 3 is 2.29 bits per heavy atom. The number of nitrogens with zero attached hydrogens (tertiary/aromatic N) is 1. The number of rotatable bonds is 5. The molecule has 1 heterocycles. The minimum Gasteiger partial charge on any atom is -0.459 e. The highest BCUT2D eigenvalue weighted by Crippen LogP contribution is 2.25. The van der Waals surface area contributed by atoms with Gasteiger partial charge in [-0.05, 0) is 55.2 Å². The van der Waals surface area contributed by atoms with Crippen LogP contribution in [0.15, 0.2) is 77.6 Å². The number of hydrogen-bond acceptors (Lipinski definition) is 3. The van der Waals surface area contributed by atoms with E-state index < -0.39 is 5.97 Å². The fourth-order valence-electron chi connectivity index (χ4n) is 3.84. The van der Waals surface area contributed by atoms with Crippen molar-refractivity contribution >= 4 is 16.9 Å². The summed E-state index contributed by atoms with van der Waals surface area (Å²) in [7, 11) is 0. The SMILES string of the molecule is Cc1ccc(-c2cc3c(C)cc(C)cc3n(CC(=O)OCc3ccccc3)c2=O)cc1. The predicted octanol–water partition coefficient (Wildman–Crippen LogP) is 5.34. The third-order valence-corrected chi connectivity index (χ3v) is 5.46. The van der Waals surface area contributed by atoms with E-state index in [-0.39, 0.29) is 18.7 Å². The summed E-state index contributed by atoms with van der Waals surface area (Å²) in [6.45, 7) is 6.07. The monoisotopic (exact) mass is 411 g/mol. The van der Waals surface area contributed by atoms with Crippen molar-refractivity contribution in [3.05, 3.63) is 105 Å². The van der Waals surface area contributed by atoms with Crippen LogP contribution in [0.4, 0.5) is 0 Å². The van der Waals surface area contributed by atoms with Crippen molar-refractivity contribution in [2.75, 3.05) is 0 Å². The number of ether oxygens (including phenoxy) is 1. The molecule has 0 unspecified atom stereocenters. The lowest BCUT2D eigenvalue weighted by molar-refractivity contribution is -0.145. The Morgan fingerprint density at radius 2 is 1.58 bits per heavy atom. The summed E-state index contributed by atoms with van der Waals surface area (Å²) in [5.74, 6) is -0.438. The summed E-state index contributed by atoms with van der Waals surface area (Å²) in [4.78, 5) is 26.1. The van der Waals surface area contributed by atoms with Crippen LogP contribution in [0.1, 0.15) is 22.3 Å². The Balaban J connectivity index is 1.76. The van der Waals surface area contributed by atoms with Gasteiger partial charge in [-0.15, -0.1) is 0 Å². The van der Waals surface area contributed by atoms with E-state index in [4.69, 9.17) is 4.74 Å². The number of aromatic nitrogens is 1. The maximum absolute atomic E-state index is 13.5. The van der Waals surface area contributed by atoms with Crippen molar-refractivity contribution in [2.45, 2.75) is 33.9 Å². The minimum atomic E-state index is -0.438. The zero-order valence-electron chi connectivity index (χ0n) is 18.0. The minimum absolute atomic E-state index is 0.134. The van der Waals surface area contributed by atoms with Crippen LogP contribution < -0.4 is 5.56 Å². The first kappa shape index (κ1) is 20.6. The molecule has 0 saturated heterocycles. The molecule has 0 atom stereocenters. The van der Waals surface area contributed by atoms with Gasteiger partial charge in [0.15, 0.2) is 0 Å². The molecule has 4 heteroatoms. The molecule has 0 amide bonds. The van der Waals surface area contributed by atoms with Crippen molar-refractivity contribution < 1.29 is 9.53 Å². The lowest BCUT2D eigenvalue weighted by Gasteiger charge is -2.15. The van der Waals surface area contributed by atoms with Gasteiger partial charge in [-0.2, -0.15) is 0 Å². The van der Waals surface area contributed by atoms with Gasteiger partial charge in [0.25, 0.3) is 5.56 Å². The number of carbonyl (C=O) groups excluding carboxylic acids is 1. The molecule has 0 spiro atoms. The molecule has 0 N–H and O–H groups in total. The van der Waals surface area contributed by atoms with Crippen molar-refractivity contribution in [1.29, 1.82) is 0 Å². The fraction of sp³-hybridized carbons (Fsp3) is 0.185. The molecule has 0 aliphatic rings. The van der Waals surface area contributed by atoms with Crippen LogP contribution in [0.5, 0.6) is 0 Å². The smallest absolute Gasteiger partial charge is 0.326 e. The third kappa shape index (κ3) is 4.43. The molecule has 156 valence electrons. The largest absolute Gasteiger partial charge is 0.459 e. The Morgan fingerprint density at radius 1 is 0.871 bits per heavy atom. The van der Waals surface area contributed by atoms with E-state index in [1.54, 1.807) is 0 Å². The molecule has 0 aliphatic heterocycles. The first-order chi connectivity index (χ1) is 14.9. The quantitative estimate of drug-likeness (QED) is 0.417. The van der Waals surface area contributed by atoms with Crippen LogP contribution in [0.25, 0.3) is 22.0 Å². The van der Waals surface area contributed by atoms with Crippen LogP contribution >= 0.6 is 0 Å². The Bertz CT molecular complexity index is 1300. The summed E-state index contributed by atoms with van der Waals surface area (Å²) in [6.07, 6.45) is 0. The standard InChI is InChI=1S/C27H25NO3/c1-18-9-11-22(12-10-18)24-15-23-20(3)13-19(2)14-25(23)28(27(24)30)16-26(29)31-17-21-7-5-4-6-8-21/h4-15H,16-17H2,1-3H3. The predicted molar refractivity (Wildman–Crippen MR) is 124 cm³/mol. The van der Waals surface area contributed by atoms with E-state index in [0.717, 1.165) is 38.7 Å². The zero-order chi connectivity index (χ0) is 22.0. The third-order valence-electron chi connectivity index (χ3n) is 5.46. The molecular weight excluding hydrogens is 386 g/mol. The lowest BCUT2D eigenvalue weighted by Crippen LogP contribution is -2.27. The molecule has 1 aromatic heterocycles. The second-order valence-electron chi connectivity index (χ2n) is 7.98. The van der Waals surface area contributed by atoms with Gasteiger partial charge in [0.1, 0.15) is 13.2 Å². The maximum Gasteiger partial charge on any atom is 0.326 e. The molecule has 0 radical (unpaired) electrons. The van der Waals surface area contributed by atoms with Crippen LogP contribution in [-0.2, 0) is 22.7 Å². The maximum atomic E-state index is 13.5. The molecule has 0 bridgehead atoms. The molecular formula is C27H25NO3. The second-order valence-corrected chi connectivity index (χ2v) is 7.98. The molecule has 4 nitrogen and oxygen atoms in total. The molecule has 4 aromatic rings. The van der Waals surface area contributed by atoms with Crippen molar-refractivity contribution in [3.63, 3.8) is 0 Å². The summed E-state index contributed by atoms with van der Waals surface area (Å²) in [6, 6.07) is 23.4. The second kappa shape index (κ2) is 8.60. The molecule has 0 aliphatic carbocycles. The highest BCUT2D eigenvalue weighted by Gasteiger charge is 2.16. The van der Waals surface area contributed by atoms with Gasteiger partial charge in [0, 0.05) is 10.9 Å². The normalized spacial score (nSPS) is 10.9. The Kier molecular flexibility index (Phi) is 5.72. The van der Waals surface area contributed by atoms with E-state index in [1.165, 1.54) is 4.57 Å². The van der Waals surface area contributed by atoms with E-state index in [0.29, 0.717) is 5.56 Å². The lowest BCUT2D eigenvalue weighted by atomic mass is 10.00. The van der Waals surface area contributed by atoms with Crippen LogP contribution in [-0.4, -0.2) is 10.5 Å². The number of carbonyl (C=O) groups is 1. The molecule has 3 aromatic carbocycles. The van der Waals surface area contributed by atoms with Crippen molar-refractivity contribution in [2.24, 2.45) is 0 Å². The van der Waals surface area contributed by atoms with E-state index in [2.05, 4.69) is 6.07 Å². The van der Waals surface area contributed by atoms with Crippen molar-refractivity contribution in [3.8, 4) is 11.1 Å². The first-order valence-electron chi connectivity index (χ1n) is 10.3. The van der Waals surface area contributed by atoms with E-state index in [9.17, 15) is 9.59 Å². The number of aryl methyl sites for hydroxylation is 3. The number of pyridine rings is 1. The Labute approximate surface area is 181 Å². The number of fused-ring (bicyclic) bond motifs is 1. The van der Waals surface area contributed by atoms with Gasteiger partial charge >= 0.3 is 5.97 Å². The summed E-state index contributed by atoms with van der Waals surface area (Å²) in [5, 5.41) is 0.955. The summed E-state index contributed by atoms with van der Waals surface area (Å²) in [5.41, 5.74) is 6.11. The van der Waals surface area contributed by atoms with E-state index in [1.807, 2.05) is 87.5 Å². The Hall–Kier alpha value is -3.66. The van der Waals surface area contributed by atoms with Crippen LogP contribution in [0.3, 0.4) is 0 Å². The topological polar surface area (TPSA) is 48.3 Å². The van der Waals surface area contributed by atoms with Gasteiger partial charge < -0.3 is 4.74 Å². The van der Waals surface area contributed by atoms with Gasteiger partial charge in [-0.25, -0.2) is 0 Å². The fourth-order valence-corrected chi connectivity index (χ4v) is 3.84. The van der Waals surface area contributed by atoms with Crippen molar-refractivity contribution in [1.82, 2.24) is 4.57 Å². The van der Waals surface area contributed by atoms with E-state index >= 15 is 0 Å². The molecule has 0 fully saturated rings. The first-order valence-corrected chi connectivity index (χ1v) is 10.3. The number of hydrogen-bond donors (Lipinski definition) is 0. The van der Waals surface area contributed by atoms with Gasteiger partial charge in [-0.3, -0.25) is 14.2 Å². The van der Waals surface area contributed by atoms with Gasteiger partial charge in [0.05, 0.1) is 5.52 Å². The average molecular weight is 412 g/mol. The molecule has 31 heavy (non-hydrogen) atoms. The number of benzene rings is 3. The van der Waals surface area contributed by atoms with Crippen LogP contribution in [0, 0.1) is 20.8 Å². The van der Waals surface area contributed by atoms with Crippen LogP contribution in [0.2, 0.25) is 0 Å². The summed E-state index contributed by atoms with van der Waals surface area (Å²) >= 11 is 0. The number of esters is 1. The highest BCUT2D eigenvalue weighted by atomic mass is 16.5. The van der Waals surface area contributed by atoms with Gasteiger partial charge in [-0.1, -0.05) is 66.2 Å². The highest BCUT2D eigenvalue weighted by molar-refractivity contribution is 5.88. The zero-order valence-corrected chi connectivity index (χ0v) is 18.0. The van der Waals surface area contributed by atoms with Gasteiger partial charge in [0.2, 0.25) is 0 Å². The average Bonchev–Trinajstić information content (AvgIpc) is 2.76. The summed E-state index contributed by atoms with van der Waals surface area (Å²) < 4.78 is 7.00. The molecule has 4 rings (SSSR count). The molecule has 0 saturated carbocycles.